The second-order valence-electron chi connectivity index (χ2n) is 7.24. The van der Waals surface area contributed by atoms with Gasteiger partial charge in [0.2, 0.25) is 0 Å². The lowest BCUT2D eigenvalue weighted by Gasteiger charge is -2.36. The van der Waals surface area contributed by atoms with E-state index in [4.69, 9.17) is 9.47 Å². The van der Waals surface area contributed by atoms with Crippen LogP contribution >= 0.6 is 0 Å². The van der Waals surface area contributed by atoms with Crippen LogP contribution in [0.2, 0.25) is 0 Å². The third-order valence-corrected chi connectivity index (χ3v) is 4.91. The zero-order chi connectivity index (χ0) is 18.2. The van der Waals surface area contributed by atoms with Crippen LogP contribution in [0.3, 0.4) is 0 Å². The van der Waals surface area contributed by atoms with Gasteiger partial charge in [-0.25, -0.2) is 5.43 Å². The van der Waals surface area contributed by atoms with Crippen molar-refractivity contribution in [1.29, 1.82) is 0 Å². The molecular formula is C20H30N2O3. The van der Waals surface area contributed by atoms with Crippen molar-refractivity contribution in [2.24, 2.45) is 22.9 Å². The zero-order valence-corrected chi connectivity index (χ0v) is 15.7. The maximum Gasteiger partial charge on any atom is 0.266 e. The molecule has 25 heavy (non-hydrogen) atoms. The first-order chi connectivity index (χ1) is 12.0. The Hall–Kier alpha value is -1.88. The molecule has 0 saturated heterocycles. The first-order valence-electron chi connectivity index (χ1n) is 9.07. The molecule has 0 bridgehead atoms. The maximum absolute atomic E-state index is 12.0. The predicted octanol–water partition coefficient (Wildman–Crippen LogP) is 3.62. The fraction of sp³-hybridized carbons (Fsp3) is 0.600. The number of hydrazone groups is 1. The number of rotatable bonds is 7. The molecule has 1 amide bonds. The largest absolute Gasteiger partial charge is 0.497 e. The smallest absolute Gasteiger partial charge is 0.266 e. The molecule has 1 N–H and O–H groups in total. The van der Waals surface area contributed by atoms with Gasteiger partial charge in [0.05, 0.1) is 19.4 Å². The topological polar surface area (TPSA) is 59.9 Å². The van der Waals surface area contributed by atoms with Gasteiger partial charge in [-0.3, -0.25) is 4.79 Å². The van der Waals surface area contributed by atoms with Crippen LogP contribution in [0.25, 0.3) is 0 Å². The van der Waals surface area contributed by atoms with E-state index in [0.29, 0.717) is 17.8 Å². The lowest BCUT2D eigenvalue weighted by Crippen LogP contribution is -2.36. The highest BCUT2D eigenvalue weighted by molar-refractivity contribution is 5.82. The molecule has 0 spiro atoms. The Morgan fingerprint density at radius 2 is 2.04 bits per heavy atom. The third kappa shape index (κ3) is 6.16. The van der Waals surface area contributed by atoms with Crippen LogP contribution in [0.15, 0.2) is 29.4 Å². The van der Waals surface area contributed by atoms with E-state index in [1.165, 1.54) is 12.8 Å². The van der Waals surface area contributed by atoms with Gasteiger partial charge in [-0.05, 0) is 60.4 Å². The Bertz CT molecular complexity index is 569. The molecule has 3 atom stereocenters. The highest BCUT2D eigenvalue weighted by atomic mass is 16.5. The molecule has 1 aliphatic rings. The first-order valence-corrected chi connectivity index (χ1v) is 9.07. The van der Waals surface area contributed by atoms with Gasteiger partial charge in [-0.1, -0.05) is 27.2 Å². The van der Waals surface area contributed by atoms with Crippen molar-refractivity contribution in [2.45, 2.75) is 46.1 Å². The summed E-state index contributed by atoms with van der Waals surface area (Å²) in [7, 11) is 1.63. The van der Waals surface area contributed by atoms with E-state index in [1.54, 1.807) is 13.3 Å². The molecule has 2 rings (SSSR count). The first kappa shape index (κ1) is 19.4. The summed E-state index contributed by atoms with van der Waals surface area (Å²) in [4.78, 5) is 12.0. The minimum Gasteiger partial charge on any atom is -0.497 e. The number of ether oxygens (including phenoxy) is 2. The summed E-state index contributed by atoms with van der Waals surface area (Å²) in [5, 5.41) is 3.98. The molecule has 1 aromatic carbocycles. The monoisotopic (exact) mass is 346 g/mol. The fourth-order valence-electron chi connectivity index (χ4n) is 3.39. The maximum atomic E-state index is 12.0. The molecule has 0 heterocycles. The van der Waals surface area contributed by atoms with E-state index in [9.17, 15) is 4.79 Å². The SMILES string of the molecule is COc1ccc(C=NNC(=O)CO[C@@H]2C[C@H](C)CC[C@H]2C(C)C)cc1. The van der Waals surface area contributed by atoms with E-state index >= 15 is 0 Å². The number of nitrogens with one attached hydrogen (secondary N) is 1. The zero-order valence-electron chi connectivity index (χ0n) is 15.7. The number of benzene rings is 1. The van der Waals surface area contributed by atoms with E-state index < -0.39 is 0 Å². The van der Waals surface area contributed by atoms with E-state index in [0.717, 1.165) is 17.7 Å². The standard InChI is InChI=1S/C20H30N2O3/c1-14(2)18-10-5-15(3)11-19(18)25-13-20(23)22-21-12-16-6-8-17(24-4)9-7-16/h6-9,12,14-15,18-19H,5,10-11,13H2,1-4H3,(H,22,23)/t15-,18+,19-/m1/s1. The summed E-state index contributed by atoms with van der Waals surface area (Å²) in [6, 6.07) is 7.45. The minimum atomic E-state index is -0.217. The van der Waals surface area contributed by atoms with Crippen molar-refractivity contribution in [3.05, 3.63) is 29.8 Å². The number of carbonyl (C=O) groups excluding carboxylic acids is 1. The highest BCUT2D eigenvalue weighted by Crippen LogP contribution is 2.35. The van der Waals surface area contributed by atoms with Crippen molar-refractivity contribution < 1.29 is 14.3 Å². The summed E-state index contributed by atoms with van der Waals surface area (Å²) < 4.78 is 11.0. The van der Waals surface area contributed by atoms with Gasteiger partial charge in [0.25, 0.3) is 5.91 Å². The Labute approximate surface area is 150 Å². The molecule has 1 fully saturated rings. The molecule has 138 valence electrons. The van der Waals surface area contributed by atoms with E-state index in [-0.39, 0.29) is 18.6 Å². The number of nitrogens with zero attached hydrogens (tertiary/aromatic N) is 1. The minimum absolute atomic E-state index is 0.0561. The van der Waals surface area contributed by atoms with Crippen LogP contribution in [0.5, 0.6) is 5.75 Å². The Morgan fingerprint density at radius 1 is 1.32 bits per heavy atom. The quantitative estimate of drug-likeness (QED) is 0.606. The third-order valence-electron chi connectivity index (χ3n) is 4.91. The second-order valence-corrected chi connectivity index (χ2v) is 7.24. The average molecular weight is 346 g/mol. The normalized spacial score (nSPS) is 23.8. The molecule has 0 aliphatic heterocycles. The summed E-state index contributed by atoms with van der Waals surface area (Å²) in [6.07, 6.45) is 5.24. The number of carbonyl (C=O) groups is 1. The van der Waals surface area contributed by atoms with Crippen molar-refractivity contribution in [2.75, 3.05) is 13.7 Å². The Balaban J connectivity index is 1.78. The van der Waals surface area contributed by atoms with Gasteiger partial charge >= 0.3 is 0 Å². The van der Waals surface area contributed by atoms with Gasteiger partial charge in [-0.2, -0.15) is 5.10 Å². The van der Waals surface area contributed by atoms with E-state index in [2.05, 4.69) is 31.3 Å². The van der Waals surface area contributed by atoms with Gasteiger partial charge in [0, 0.05) is 0 Å². The van der Waals surface area contributed by atoms with Gasteiger partial charge in [0.15, 0.2) is 0 Å². The van der Waals surface area contributed by atoms with E-state index in [1.807, 2.05) is 24.3 Å². The van der Waals surface area contributed by atoms with Gasteiger partial charge in [-0.15, -0.1) is 0 Å². The number of amides is 1. The Kier molecular flexibility index (Phi) is 7.44. The predicted molar refractivity (Wildman–Crippen MR) is 99.8 cm³/mol. The van der Waals surface area contributed by atoms with Crippen LogP contribution in [0.1, 0.15) is 45.6 Å². The van der Waals surface area contributed by atoms with Crippen molar-refractivity contribution in [3.8, 4) is 5.75 Å². The number of hydrogen-bond donors (Lipinski definition) is 1. The van der Waals surface area contributed by atoms with Crippen LogP contribution in [-0.2, 0) is 9.53 Å². The van der Waals surface area contributed by atoms with Gasteiger partial charge in [0.1, 0.15) is 12.4 Å². The average Bonchev–Trinajstić information content (AvgIpc) is 2.60. The molecular weight excluding hydrogens is 316 g/mol. The molecule has 5 nitrogen and oxygen atoms in total. The molecule has 1 aliphatic carbocycles. The van der Waals surface area contributed by atoms with Crippen LogP contribution in [-0.4, -0.2) is 31.9 Å². The van der Waals surface area contributed by atoms with Crippen LogP contribution < -0.4 is 10.2 Å². The lowest BCUT2D eigenvalue weighted by atomic mass is 9.75. The summed E-state index contributed by atoms with van der Waals surface area (Å²) >= 11 is 0. The summed E-state index contributed by atoms with van der Waals surface area (Å²) in [5.41, 5.74) is 3.42. The fourth-order valence-corrected chi connectivity index (χ4v) is 3.39. The number of methoxy groups -OCH3 is 1. The van der Waals surface area contributed by atoms with Crippen molar-refractivity contribution in [1.82, 2.24) is 5.43 Å². The highest BCUT2D eigenvalue weighted by Gasteiger charge is 2.31. The Morgan fingerprint density at radius 3 is 2.68 bits per heavy atom. The molecule has 0 radical (unpaired) electrons. The van der Waals surface area contributed by atoms with Crippen molar-refractivity contribution >= 4 is 12.1 Å². The molecule has 1 saturated carbocycles. The molecule has 1 aromatic rings. The summed E-state index contributed by atoms with van der Waals surface area (Å²) in [6.45, 7) is 6.78. The van der Waals surface area contributed by atoms with Crippen LogP contribution in [0, 0.1) is 17.8 Å². The molecule has 0 unspecified atom stereocenters. The number of hydrogen-bond acceptors (Lipinski definition) is 4. The summed E-state index contributed by atoms with van der Waals surface area (Å²) in [5.74, 6) is 2.35. The molecule has 5 heteroatoms. The van der Waals surface area contributed by atoms with Gasteiger partial charge < -0.3 is 9.47 Å². The van der Waals surface area contributed by atoms with Crippen molar-refractivity contribution in [3.63, 3.8) is 0 Å². The second kappa shape index (κ2) is 9.56. The molecule has 0 aromatic heterocycles. The lowest BCUT2D eigenvalue weighted by molar-refractivity contribution is -0.131. The van der Waals surface area contributed by atoms with Crippen LogP contribution in [0.4, 0.5) is 0 Å².